The molecule has 0 aliphatic carbocycles. The van der Waals surface area contributed by atoms with E-state index in [2.05, 4.69) is 26.6 Å². The molecule has 0 spiro atoms. The van der Waals surface area contributed by atoms with Crippen molar-refractivity contribution in [2.75, 3.05) is 75.5 Å². The average molecular weight is 1540 g/mol. The minimum atomic E-state index is -4.74. The van der Waals surface area contributed by atoms with Crippen LogP contribution >= 0.6 is 0 Å². The Balaban J connectivity index is 2.08. The average Bonchev–Trinajstić information content (AvgIpc) is 0.812. The van der Waals surface area contributed by atoms with Gasteiger partial charge >= 0.3 is 6.18 Å². The Hall–Kier alpha value is -8.25. The van der Waals surface area contributed by atoms with Crippen LogP contribution in [0.5, 0.6) is 0 Å². The third kappa shape index (κ3) is 27.0. The first-order valence-electron chi connectivity index (χ1n) is 38.6. The molecule has 612 valence electrons. The van der Waals surface area contributed by atoms with E-state index in [4.69, 9.17) is 0 Å². The predicted octanol–water partition coefficient (Wildman–Crippen LogP) is 4.98. The molecule has 12 amide bonds. The van der Waals surface area contributed by atoms with E-state index >= 15 is 47.9 Å². The van der Waals surface area contributed by atoms with Gasteiger partial charge < -0.3 is 71.1 Å². The van der Waals surface area contributed by atoms with E-state index in [1.807, 2.05) is 13.8 Å². The van der Waals surface area contributed by atoms with Crippen molar-refractivity contribution in [2.24, 2.45) is 29.6 Å². The van der Waals surface area contributed by atoms with E-state index in [9.17, 15) is 33.0 Å². The number of likely N-dealkylation sites (N-methyl/N-ethyl adjacent to an activating group) is 6. The molecule has 2 saturated heterocycles. The van der Waals surface area contributed by atoms with Crippen molar-refractivity contribution in [2.45, 2.75) is 252 Å². The van der Waals surface area contributed by atoms with E-state index < -0.39 is 181 Å². The van der Waals surface area contributed by atoms with Crippen LogP contribution in [0.15, 0.2) is 54.6 Å². The molecule has 2 aromatic carbocycles. The zero-order valence-electron chi connectivity index (χ0n) is 67.7. The monoisotopic (exact) mass is 1540 g/mol. The van der Waals surface area contributed by atoms with Gasteiger partial charge in [-0.15, -0.1) is 0 Å². The summed E-state index contributed by atoms with van der Waals surface area (Å²) < 4.78 is 42.2. The molecular weight excluding hydrogens is 1410 g/mol. The number of β-amino-alcohol motifs (C(OH)–C–C–N with tert-alkyl or cyclic N) is 1. The van der Waals surface area contributed by atoms with Gasteiger partial charge in [0, 0.05) is 81.2 Å². The van der Waals surface area contributed by atoms with Crippen LogP contribution in [0.4, 0.5) is 13.2 Å². The first-order chi connectivity index (χ1) is 51.0. The molecule has 109 heavy (non-hydrogen) atoms. The smallest absolute Gasteiger partial charge is 0.391 e. The molecular formula is C79H126F3N13O14. The Morgan fingerprint density at radius 3 is 1.54 bits per heavy atom. The first-order valence-corrected chi connectivity index (χ1v) is 38.6. The number of halogens is 3. The molecule has 0 aromatic heterocycles. The van der Waals surface area contributed by atoms with Crippen LogP contribution in [-0.2, 0) is 76.6 Å². The molecule has 2 fully saturated rings. The summed E-state index contributed by atoms with van der Waals surface area (Å²) in [5, 5.41) is 37.5. The van der Waals surface area contributed by atoms with Crippen molar-refractivity contribution >= 4 is 70.9 Å². The number of aliphatic hydroxyl groups is 2. The molecule has 27 nitrogen and oxygen atoms in total. The summed E-state index contributed by atoms with van der Waals surface area (Å²) in [4.78, 5) is 191. The zero-order valence-corrected chi connectivity index (χ0v) is 67.7. The van der Waals surface area contributed by atoms with Gasteiger partial charge in [-0.25, -0.2) is 0 Å². The summed E-state index contributed by atoms with van der Waals surface area (Å²) in [5.74, 6) is -11.3. The lowest BCUT2D eigenvalue weighted by molar-refractivity contribution is -0.152. The van der Waals surface area contributed by atoms with Gasteiger partial charge in [0.1, 0.15) is 60.6 Å². The maximum absolute atomic E-state index is 15.6. The van der Waals surface area contributed by atoms with Crippen molar-refractivity contribution in [1.82, 2.24) is 65.8 Å². The van der Waals surface area contributed by atoms with Crippen LogP contribution in [0.2, 0.25) is 0 Å². The molecule has 7 N–H and O–H groups in total. The van der Waals surface area contributed by atoms with Crippen molar-refractivity contribution in [3.63, 3.8) is 0 Å². The number of nitrogens with zero attached hydrogens (tertiary/aromatic N) is 8. The predicted molar refractivity (Wildman–Crippen MR) is 408 cm³/mol. The van der Waals surface area contributed by atoms with Gasteiger partial charge in [-0.1, -0.05) is 125 Å². The molecule has 2 heterocycles. The number of alkyl halides is 3. The fraction of sp³-hybridized carbons (Fsp3) is 0.696. The molecule has 13 atom stereocenters. The summed E-state index contributed by atoms with van der Waals surface area (Å²) in [5.41, 5.74) is -0.253. The number of hydrogen-bond acceptors (Lipinski definition) is 15. The Bertz CT molecular complexity index is 3360. The summed E-state index contributed by atoms with van der Waals surface area (Å²) in [6.45, 7) is 21.0. The van der Waals surface area contributed by atoms with Crippen LogP contribution in [0.25, 0.3) is 0 Å². The number of carbonyl (C=O) groups excluding carboxylic acids is 12. The fourth-order valence-corrected chi connectivity index (χ4v) is 14.1. The largest absolute Gasteiger partial charge is 0.416 e. The van der Waals surface area contributed by atoms with Gasteiger partial charge in [0.25, 0.3) is 0 Å². The number of hydrogen-bond donors (Lipinski definition) is 7. The number of rotatable bonds is 21. The minimum absolute atomic E-state index is 0.0276. The molecule has 0 radical (unpaired) electrons. The van der Waals surface area contributed by atoms with E-state index in [1.165, 1.54) is 71.0 Å². The summed E-state index contributed by atoms with van der Waals surface area (Å²) in [6.07, 6.45) is -7.24. The number of piperidine rings is 1. The van der Waals surface area contributed by atoms with Crippen molar-refractivity contribution in [3.8, 4) is 0 Å². The van der Waals surface area contributed by atoms with Crippen LogP contribution in [0, 0.1) is 29.6 Å². The van der Waals surface area contributed by atoms with Gasteiger partial charge in [-0.3, -0.25) is 62.4 Å². The quantitative estimate of drug-likeness (QED) is 0.0867. The Morgan fingerprint density at radius 1 is 0.550 bits per heavy atom. The fourth-order valence-electron chi connectivity index (χ4n) is 14.1. The second kappa shape index (κ2) is 43.4. The highest BCUT2D eigenvalue weighted by atomic mass is 19.4. The first kappa shape index (κ1) is 93.1. The van der Waals surface area contributed by atoms with Crippen molar-refractivity contribution in [1.29, 1.82) is 0 Å². The Morgan fingerprint density at radius 2 is 1.03 bits per heavy atom. The highest BCUT2D eigenvalue weighted by Crippen LogP contribution is 2.31. The maximum atomic E-state index is 15.6. The molecule has 0 bridgehead atoms. The molecule has 30 heteroatoms. The SMILES string of the molecule is CCCN1CC(O)N(C)[C@@H](CC(C)C)C(=O)N[C@H](C(=O)N2CCCCC2)CC(=O)N(C)[C@@H](CC(C)C)C(=O)N[C@@H](Cc2ccc(C(F)(F)F)cc2)C(=O)N(C)[C@@H](CC(C)C)C(=O)N(C)[C@@H](CC(C)C)C(=O)N[C@@H](CCC(=O)NC)C(=O)N(C)[C@@H](Cc2ccccc2)C(=O)N(C)[C@@H]([C@@H](C)CC)C(=O)N[C@@H]([C@@H](C)O)C1=O. The lowest BCUT2D eigenvalue weighted by Crippen LogP contribution is -2.63. The van der Waals surface area contributed by atoms with Gasteiger partial charge in [0.2, 0.25) is 70.9 Å². The zero-order chi connectivity index (χ0) is 82.2. The molecule has 2 aromatic rings. The molecule has 4 rings (SSSR count). The minimum Gasteiger partial charge on any atom is -0.391 e. The van der Waals surface area contributed by atoms with Crippen LogP contribution < -0.4 is 26.6 Å². The third-order valence-electron chi connectivity index (χ3n) is 20.8. The number of carbonyl (C=O) groups is 12. The lowest BCUT2D eigenvalue weighted by atomic mass is 9.94. The summed E-state index contributed by atoms with van der Waals surface area (Å²) in [6, 6.07) is -2.11. The van der Waals surface area contributed by atoms with Crippen molar-refractivity contribution < 1.29 is 80.9 Å². The van der Waals surface area contributed by atoms with Gasteiger partial charge in [0.05, 0.1) is 30.7 Å². The standard InChI is InChI=1S/C79H126F3N13O14/c1-20-36-95-46-66(99)89(15)60(40-48(5)6)70(101)86-58(75(106)94-37-26-23-27-38-94)45-65(98)88(14)59(39-47(3)4)69(100)85-57(43-54-30-32-55(33-31-54)79(80,81)82)74(105)91(17)62(42-50(9)10)76(107)90(16)61(41-49(7)8)71(102)84-56(34-35-64(97)83-13)73(104)92(18)63(44-53-28-24-22-25-29-53)77(108)93(19)68(51(11)21-2)72(103)87-67(52(12)96)78(95)109/h22,24-25,28-33,47-52,56-63,66-68,96,99H,20-21,23,26-27,34-46H2,1-19H3,(H,83,97)(H,84,102)(H,85,100)(H,86,101)(H,87,103)/t51-,52+,56-,57-,58-,59-,60-,61-,62-,63-,66?,67-,68-/m0/s1. The van der Waals surface area contributed by atoms with E-state index in [1.54, 1.807) is 97.5 Å². The molecule has 0 saturated carbocycles. The second-order valence-electron chi connectivity index (χ2n) is 31.5. The number of nitrogens with one attached hydrogen (secondary N) is 5. The molecule has 2 aliphatic rings. The highest BCUT2D eigenvalue weighted by molar-refractivity contribution is 5.99. The van der Waals surface area contributed by atoms with Gasteiger partial charge in [-0.2, -0.15) is 13.2 Å². The van der Waals surface area contributed by atoms with E-state index in [0.29, 0.717) is 44.3 Å². The molecule has 2 aliphatic heterocycles. The van der Waals surface area contributed by atoms with Crippen molar-refractivity contribution in [3.05, 3.63) is 71.3 Å². The van der Waals surface area contributed by atoms with E-state index in [-0.39, 0.29) is 80.7 Å². The maximum Gasteiger partial charge on any atom is 0.416 e. The van der Waals surface area contributed by atoms with Gasteiger partial charge in [0.15, 0.2) is 0 Å². The number of aliphatic hydroxyl groups excluding tert-OH is 2. The van der Waals surface area contributed by atoms with E-state index in [0.717, 1.165) is 50.3 Å². The number of amides is 12. The molecule has 1 unspecified atom stereocenters. The number of benzene rings is 2. The van der Waals surface area contributed by atoms with Crippen LogP contribution in [-0.4, -0.2) is 269 Å². The summed E-state index contributed by atoms with van der Waals surface area (Å²) in [7, 11) is 9.55. The Labute approximate surface area is 643 Å². The number of likely N-dealkylation sites (tertiary alicyclic amines) is 1. The summed E-state index contributed by atoms with van der Waals surface area (Å²) >= 11 is 0. The normalized spacial score (nSPS) is 25.2. The highest BCUT2D eigenvalue weighted by Gasteiger charge is 2.45. The Kier molecular flexibility index (Phi) is 37.1. The topological polar surface area (TPSA) is 331 Å². The lowest BCUT2D eigenvalue weighted by Gasteiger charge is -2.39. The third-order valence-corrected chi connectivity index (χ3v) is 20.8. The van der Waals surface area contributed by atoms with Crippen LogP contribution in [0.1, 0.15) is 177 Å². The van der Waals surface area contributed by atoms with Crippen LogP contribution in [0.3, 0.4) is 0 Å². The van der Waals surface area contributed by atoms with Gasteiger partial charge in [-0.05, 0) is 125 Å². The second-order valence-corrected chi connectivity index (χ2v) is 31.5.